The second-order valence-corrected chi connectivity index (χ2v) is 4.06. The van der Waals surface area contributed by atoms with Gasteiger partial charge in [-0.05, 0) is 30.3 Å². The molecular weight excluding hydrogens is 240 g/mol. The first-order chi connectivity index (χ1) is 8.15. The molecule has 0 aliphatic carbocycles. The van der Waals surface area contributed by atoms with Crippen molar-refractivity contribution in [1.29, 1.82) is 0 Å². The molecule has 0 atom stereocenters. The highest BCUT2D eigenvalue weighted by Gasteiger charge is 2.03. The highest BCUT2D eigenvalue weighted by molar-refractivity contribution is 6.30. The van der Waals surface area contributed by atoms with Crippen molar-refractivity contribution in [2.45, 2.75) is 12.8 Å². The SMILES string of the molecule is O=C(O)CCc1ccn(-c2ccc(Cl)cc2)n1. The smallest absolute Gasteiger partial charge is 0.303 e. The fraction of sp³-hybridized carbons (Fsp3) is 0.167. The second kappa shape index (κ2) is 5.01. The van der Waals surface area contributed by atoms with Gasteiger partial charge in [0, 0.05) is 17.6 Å². The van der Waals surface area contributed by atoms with Crippen LogP contribution in [0.1, 0.15) is 12.1 Å². The number of carboxylic acid groups (broad SMARTS) is 1. The summed E-state index contributed by atoms with van der Waals surface area (Å²) in [7, 11) is 0. The van der Waals surface area contributed by atoms with Gasteiger partial charge in [0.05, 0.1) is 17.8 Å². The number of aryl methyl sites for hydroxylation is 1. The molecule has 0 fully saturated rings. The van der Waals surface area contributed by atoms with Gasteiger partial charge in [-0.3, -0.25) is 4.79 Å². The summed E-state index contributed by atoms with van der Waals surface area (Å²) in [5.41, 5.74) is 1.67. The molecule has 5 heteroatoms. The fourth-order valence-corrected chi connectivity index (χ4v) is 1.59. The van der Waals surface area contributed by atoms with Crippen molar-refractivity contribution in [3.8, 4) is 5.69 Å². The van der Waals surface area contributed by atoms with Crippen LogP contribution in [0.3, 0.4) is 0 Å². The van der Waals surface area contributed by atoms with E-state index in [-0.39, 0.29) is 6.42 Å². The molecule has 1 heterocycles. The molecule has 0 aliphatic rings. The van der Waals surface area contributed by atoms with Gasteiger partial charge in [0.2, 0.25) is 0 Å². The van der Waals surface area contributed by atoms with Crippen LogP contribution in [0.4, 0.5) is 0 Å². The molecule has 1 aromatic heterocycles. The molecular formula is C12H11ClN2O2. The highest BCUT2D eigenvalue weighted by Crippen LogP contribution is 2.13. The minimum Gasteiger partial charge on any atom is -0.481 e. The summed E-state index contributed by atoms with van der Waals surface area (Å²) in [6, 6.07) is 9.11. The van der Waals surface area contributed by atoms with Gasteiger partial charge in [0.25, 0.3) is 0 Å². The Labute approximate surface area is 103 Å². The number of carbonyl (C=O) groups is 1. The highest BCUT2D eigenvalue weighted by atomic mass is 35.5. The molecule has 1 aromatic carbocycles. The summed E-state index contributed by atoms with van der Waals surface area (Å²) < 4.78 is 1.70. The number of hydrogen-bond donors (Lipinski definition) is 1. The standard InChI is InChI=1S/C12H11ClN2O2/c13-9-1-4-11(5-2-9)15-8-7-10(14-15)3-6-12(16)17/h1-2,4-5,7-8H,3,6H2,(H,16,17). The first kappa shape index (κ1) is 11.7. The number of aromatic nitrogens is 2. The van der Waals surface area contributed by atoms with E-state index in [2.05, 4.69) is 5.10 Å². The molecule has 0 aliphatic heterocycles. The monoisotopic (exact) mass is 250 g/mol. The molecule has 0 spiro atoms. The predicted octanol–water partition coefficient (Wildman–Crippen LogP) is 2.54. The first-order valence-corrected chi connectivity index (χ1v) is 5.55. The maximum absolute atomic E-state index is 10.4. The van der Waals surface area contributed by atoms with Gasteiger partial charge in [0.1, 0.15) is 0 Å². The topological polar surface area (TPSA) is 55.1 Å². The molecule has 2 aromatic rings. The summed E-state index contributed by atoms with van der Waals surface area (Å²) in [5, 5.41) is 13.5. The van der Waals surface area contributed by atoms with Crippen molar-refractivity contribution in [1.82, 2.24) is 9.78 Å². The van der Waals surface area contributed by atoms with Crippen molar-refractivity contribution < 1.29 is 9.90 Å². The Bertz CT molecular complexity index is 520. The lowest BCUT2D eigenvalue weighted by Crippen LogP contribution is -2.00. The van der Waals surface area contributed by atoms with E-state index in [4.69, 9.17) is 16.7 Å². The predicted molar refractivity (Wildman–Crippen MR) is 64.5 cm³/mol. The molecule has 2 rings (SSSR count). The van der Waals surface area contributed by atoms with Crippen LogP contribution in [0.15, 0.2) is 36.5 Å². The van der Waals surface area contributed by atoms with Crippen molar-refractivity contribution in [3.63, 3.8) is 0 Å². The van der Waals surface area contributed by atoms with E-state index < -0.39 is 5.97 Å². The van der Waals surface area contributed by atoms with Gasteiger partial charge in [-0.1, -0.05) is 11.6 Å². The first-order valence-electron chi connectivity index (χ1n) is 5.17. The Morgan fingerprint density at radius 3 is 2.65 bits per heavy atom. The van der Waals surface area contributed by atoms with Crippen LogP contribution in [0.25, 0.3) is 5.69 Å². The van der Waals surface area contributed by atoms with Crippen LogP contribution in [-0.2, 0) is 11.2 Å². The normalized spacial score (nSPS) is 10.4. The van der Waals surface area contributed by atoms with E-state index in [0.29, 0.717) is 11.4 Å². The fourth-order valence-electron chi connectivity index (χ4n) is 1.47. The number of benzene rings is 1. The van der Waals surface area contributed by atoms with Gasteiger partial charge in [-0.15, -0.1) is 0 Å². The van der Waals surface area contributed by atoms with E-state index in [9.17, 15) is 4.79 Å². The number of rotatable bonds is 4. The Morgan fingerprint density at radius 2 is 2.00 bits per heavy atom. The van der Waals surface area contributed by atoms with Gasteiger partial charge in [-0.2, -0.15) is 5.10 Å². The number of carboxylic acids is 1. The van der Waals surface area contributed by atoms with Crippen molar-refractivity contribution in [3.05, 3.63) is 47.2 Å². The number of halogens is 1. The Hall–Kier alpha value is -1.81. The molecule has 4 nitrogen and oxygen atoms in total. The van der Waals surface area contributed by atoms with E-state index in [1.165, 1.54) is 0 Å². The third kappa shape index (κ3) is 3.07. The Kier molecular flexibility index (Phi) is 3.44. The second-order valence-electron chi connectivity index (χ2n) is 3.62. The maximum Gasteiger partial charge on any atom is 0.303 e. The maximum atomic E-state index is 10.4. The summed E-state index contributed by atoms with van der Waals surface area (Å²) in [5.74, 6) is -0.814. The van der Waals surface area contributed by atoms with Crippen LogP contribution in [0.5, 0.6) is 0 Å². The molecule has 17 heavy (non-hydrogen) atoms. The lowest BCUT2D eigenvalue weighted by atomic mass is 10.2. The number of nitrogens with zero attached hydrogens (tertiary/aromatic N) is 2. The van der Waals surface area contributed by atoms with E-state index >= 15 is 0 Å². The Balaban J connectivity index is 2.12. The van der Waals surface area contributed by atoms with Gasteiger partial charge in [-0.25, -0.2) is 4.68 Å². The summed E-state index contributed by atoms with van der Waals surface area (Å²) in [6.45, 7) is 0. The zero-order valence-corrected chi connectivity index (χ0v) is 9.76. The van der Waals surface area contributed by atoms with Gasteiger partial charge in [0.15, 0.2) is 0 Å². The molecule has 1 N–H and O–H groups in total. The number of aliphatic carboxylic acids is 1. The molecule has 0 saturated heterocycles. The van der Waals surface area contributed by atoms with Gasteiger partial charge < -0.3 is 5.11 Å². The molecule has 0 radical (unpaired) electrons. The van der Waals surface area contributed by atoms with Crippen molar-refractivity contribution in [2.24, 2.45) is 0 Å². The lowest BCUT2D eigenvalue weighted by Gasteiger charge is -2.00. The molecule has 0 unspecified atom stereocenters. The summed E-state index contributed by atoms with van der Waals surface area (Å²) >= 11 is 5.79. The van der Waals surface area contributed by atoms with Crippen LogP contribution in [0.2, 0.25) is 5.02 Å². The van der Waals surface area contributed by atoms with E-state index in [1.807, 2.05) is 18.2 Å². The zero-order chi connectivity index (χ0) is 12.3. The molecule has 0 saturated carbocycles. The van der Waals surface area contributed by atoms with Crippen molar-refractivity contribution >= 4 is 17.6 Å². The quantitative estimate of drug-likeness (QED) is 0.907. The van der Waals surface area contributed by atoms with Crippen LogP contribution >= 0.6 is 11.6 Å². The van der Waals surface area contributed by atoms with E-state index in [1.54, 1.807) is 23.0 Å². The molecule has 88 valence electrons. The lowest BCUT2D eigenvalue weighted by molar-refractivity contribution is -0.136. The molecule has 0 bridgehead atoms. The minimum absolute atomic E-state index is 0.0949. The third-order valence-corrected chi connectivity index (χ3v) is 2.58. The number of hydrogen-bond acceptors (Lipinski definition) is 2. The largest absolute Gasteiger partial charge is 0.481 e. The minimum atomic E-state index is -0.814. The summed E-state index contributed by atoms with van der Waals surface area (Å²) in [4.78, 5) is 10.4. The van der Waals surface area contributed by atoms with Crippen molar-refractivity contribution in [2.75, 3.05) is 0 Å². The van der Waals surface area contributed by atoms with Crippen LogP contribution in [0, 0.1) is 0 Å². The third-order valence-electron chi connectivity index (χ3n) is 2.33. The average Bonchev–Trinajstić information content (AvgIpc) is 2.76. The summed E-state index contributed by atoms with van der Waals surface area (Å²) in [6.07, 6.45) is 2.34. The van der Waals surface area contributed by atoms with Gasteiger partial charge >= 0.3 is 5.97 Å². The molecule has 0 amide bonds. The van der Waals surface area contributed by atoms with Crippen LogP contribution in [-0.4, -0.2) is 20.9 Å². The van der Waals surface area contributed by atoms with E-state index in [0.717, 1.165) is 11.4 Å². The average molecular weight is 251 g/mol. The zero-order valence-electron chi connectivity index (χ0n) is 9.01. The Morgan fingerprint density at radius 1 is 1.29 bits per heavy atom. The van der Waals surface area contributed by atoms with Crippen LogP contribution < -0.4 is 0 Å².